The second kappa shape index (κ2) is 14.1. The number of nitrogens with zero attached hydrogens (tertiary/aromatic N) is 2. The second-order valence-electron chi connectivity index (χ2n) is 10.1. The Morgan fingerprint density at radius 2 is 1.68 bits per heavy atom. The number of benzene rings is 1. The summed E-state index contributed by atoms with van der Waals surface area (Å²) >= 11 is 0. The van der Waals surface area contributed by atoms with Crippen LogP contribution < -0.4 is 5.32 Å². The molecule has 3 rings (SSSR count). The fourth-order valence-corrected chi connectivity index (χ4v) is 5.69. The van der Waals surface area contributed by atoms with Crippen LogP contribution in [0.5, 0.6) is 0 Å². The van der Waals surface area contributed by atoms with Gasteiger partial charge in [-0.3, -0.25) is 4.79 Å². The van der Waals surface area contributed by atoms with Crippen LogP contribution >= 0.6 is 0 Å². The third-order valence-electron chi connectivity index (χ3n) is 7.34. The minimum atomic E-state index is -5.35. The van der Waals surface area contributed by atoms with E-state index in [0.717, 1.165) is 75.2 Å². The van der Waals surface area contributed by atoms with Crippen molar-refractivity contribution in [3.05, 3.63) is 60.5 Å². The highest BCUT2D eigenvalue weighted by molar-refractivity contribution is 7.92. The third-order valence-corrected chi connectivity index (χ3v) is 8.84. The molecule has 1 aromatic rings. The monoisotopic (exact) mass is 583 g/mol. The van der Waals surface area contributed by atoms with Crippen molar-refractivity contribution < 1.29 is 31.1 Å². The van der Waals surface area contributed by atoms with E-state index in [1.807, 2.05) is 30.1 Å². The summed E-state index contributed by atoms with van der Waals surface area (Å²) in [6, 6.07) is 4.79. The lowest BCUT2D eigenvalue weighted by Crippen LogP contribution is -2.48. The molecule has 1 saturated heterocycles. The van der Waals surface area contributed by atoms with Crippen molar-refractivity contribution in [3.63, 3.8) is 0 Å². The van der Waals surface area contributed by atoms with E-state index in [1.54, 1.807) is 0 Å². The average Bonchev–Trinajstić information content (AvgIpc) is 2.94. The van der Waals surface area contributed by atoms with Crippen LogP contribution in [0.1, 0.15) is 58.8 Å². The van der Waals surface area contributed by atoms with Gasteiger partial charge in [-0.1, -0.05) is 19.9 Å². The number of carbonyl (C=O) groups is 1. The number of hydrogen-bond donors (Lipinski definition) is 1. The smallest absolute Gasteiger partial charge is 0.491 e. The maximum atomic E-state index is 12.8. The van der Waals surface area contributed by atoms with Gasteiger partial charge in [0.15, 0.2) is 0 Å². The Morgan fingerprint density at radius 1 is 1.07 bits per heavy atom. The minimum absolute atomic E-state index is 0.0268. The molecule has 1 saturated carbocycles. The van der Waals surface area contributed by atoms with Crippen LogP contribution in [-0.2, 0) is 19.4 Å². The summed E-state index contributed by atoms with van der Waals surface area (Å²) in [4.78, 5) is 15.7. The van der Waals surface area contributed by atoms with Gasteiger partial charge in [0.05, 0.1) is 11.0 Å². The first-order valence-corrected chi connectivity index (χ1v) is 15.3. The van der Waals surface area contributed by atoms with E-state index in [2.05, 4.69) is 23.7 Å². The number of hydrogen-bond acceptors (Lipinski definition) is 6. The number of piperazine rings is 1. The molecule has 0 aromatic heterocycles. The number of anilines is 1. The summed E-state index contributed by atoms with van der Waals surface area (Å²) in [7, 11) is -5.35. The maximum absolute atomic E-state index is 12.8. The molecule has 2 aliphatic rings. The number of unbranched alkanes of at least 4 members (excludes halogenated alkanes) is 1. The molecule has 0 radical (unpaired) electrons. The van der Waals surface area contributed by atoms with Crippen molar-refractivity contribution in [2.45, 2.75) is 81.3 Å². The number of halogens is 3. The number of amides is 1. The number of ether oxygens (including phenoxy) is 1. The predicted molar refractivity (Wildman–Crippen MR) is 150 cm³/mol. The number of allylic oxidation sites excluding steroid dienone is 3. The molecule has 7 nitrogen and oxygen atoms in total. The van der Waals surface area contributed by atoms with E-state index in [4.69, 9.17) is 4.74 Å². The highest BCUT2D eigenvalue weighted by atomic mass is 32.2. The largest absolute Gasteiger partial charge is 0.501 e. The molecule has 11 heteroatoms. The lowest BCUT2D eigenvalue weighted by Gasteiger charge is -2.37. The molecule has 0 atom stereocenters. The van der Waals surface area contributed by atoms with Gasteiger partial charge in [0.25, 0.3) is 9.84 Å². The molecule has 40 heavy (non-hydrogen) atoms. The molecular weight excluding hydrogens is 543 g/mol. The second-order valence-corrected chi connectivity index (χ2v) is 12.1. The molecule has 2 fully saturated rings. The van der Waals surface area contributed by atoms with E-state index in [0.29, 0.717) is 25.2 Å². The molecule has 0 bridgehead atoms. The molecule has 1 aromatic carbocycles. The zero-order valence-electron chi connectivity index (χ0n) is 23.3. The molecule has 1 amide bonds. The van der Waals surface area contributed by atoms with Crippen LogP contribution in [0, 0.1) is 0 Å². The van der Waals surface area contributed by atoms with Crippen LogP contribution in [0.15, 0.2) is 65.4 Å². The van der Waals surface area contributed by atoms with Crippen molar-refractivity contribution >= 4 is 21.4 Å². The van der Waals surface area contributed by atoms with Gasteiger partial charge < -0.3 is 19.9 Å². The van der Waals surface area contributed by atoms with Gasteiger partial charge >= 0.3 is 5.51 Å². The van der Waals surface area contributed by atoms with Gasteiger partial charge in [0, 0.05) is 56.1 Å². The number of nitrogens with one attached hydrogen (secondary N) is 1. The Morgan fingerprint density at radius 3 is 2.20 bits per heavy atom. The SMILES string of the molecule is C=C/C(=C\C(=C/C)O[C@H]1CC[C@H](Nc2ccc(S(=O)(=O)C(F)(F)F)cc2)CC1)N1CCN(C(=O)CCCC)CC1. The van der Waals surface area contributed by atoms with Crippen molar-refractivity contribution in [3.8, 4) is 0 Å². The van der Waals surface area contributed by atoms with Gasteiger partial charge in [-0.2, -0.15) is 13.2 Å². The van der Waals surface area contributed by atoms with Crippen LogP contribution in [0.3, 0.4) is 0 Å². The lowest BCUT2D eigenvalue weighted by atomic mass is 9.92. The number of sulfone groups is 1. The van der Waals surface area contributed by atoms with Gasteiger partial charge in [-0.15, -0.1) is 0 Å². The van der Waals surface area contributed by atoms with Crippen LogP contribution in [0.25, 0.3) is 0 Å². The van der Waals surface area contributed by atoms with E-state index in [-0.39, 0.29) is 18.1 Å². The van der Waals surface area contributed by atoms with Crippen molar-refractivity contribution in [1.82, 2.24) is 9.80 Å². The number of rotatable bonds is 11. The summed E-state index contributed by atoms with van der Waals surface area (Å²) in [5.41, 5.74) is -3.79. The molecule has 222 valence electrons. The molecule has 1 aliphatic heterocycles. The summed E-state index contributed by atoms with van der Waals surface area (Å²) < 4.78 is 67.7. The Hall–Kier alpha value is -2.95. The molecule has 1 N–H and O–H groups in total. The summed E-state index contributed by atoms with van der Waals surface area (Å²) in [6.07, 6.45) is 11.5. The molecule has 0 spiro atoms. The Bertz CT molecular complexity index is 1160. The number of carbonyl (C=O) groups excluding carboxylic acids is 1. The molecule has 1 heterocycles. The summed E-state index contributed by atoms with van der Waals surface area (Å²) in [5, 5.41) is 3.29. The fraction of sp³-hybridized carbons (Fsp3) is 0.552. The minimum Gasteiger partial charge on any atom is -0.491 e. The third kappa shape index (κ3) is 8.28. The van der Waals surface area contributed by atoms with E-state index in [1.165, 1.54) is 12.1 Å². The topological polar surface area (TPSA) is 79.0 Å². The first kappa shape index (κ1) is 31.6. The zero-order chi connectivity index (χ0) is 29.3. The quantitative estimate of drug-likeness (QED) is 0.253. The highest BCUT2D eigenvalue weighted by Gasteiger charge is 2.46. The Balaban J connectivity index is 1.49. The number of alkyl halides is 3. The Kier molecular flexibility index (Phi) is 11.1. The molecule has 1 aliphatic carbocycles. The van der Waals surface area contributed by atoms with E-state index >= 15 is 0 Å². The van der Waals surface area contributed by atoms with Gasteiger partial charge in [0.1, 0.15) is 5.76 Å². The Labute approximate surface area is 235 Å². The first-order chi connectivity index (χ1) is 19.0. The summed E-state index contributed by atoms with van der Waals surface area (Å²) in [5.74, 6) is 0.980. The zero-order valence-corrected chi connectivity index (χ0v) is 24.1. The summed E-state index contributed by atoms with van der Waals surface area (Å²) in [6.45, 7) is 10.9. The maximum Gasteiger partial charge on any atom is 0.501 e. The standard InChI is InChI=1S/C29H40F3N3O4S/c1-4-7-8-28(36)35-19-17-34(18-20-35)24(5-2)21-25(6-3)39-26-13-9-22(10-14-26)33-23-11-15-27(16-12-23)40(37,38)29(30,31)32/h5-6,11-12,15-16,21-22,26,33H,2,4,7-10,13-14,17-20H2,1,3H3/b24-21+,25-6+/t22-,26-. The highest BCUT2D eigenvalue weighted by Crippen LogP contribution is 2.31. The van der Waals surface area contributed by atoms with Crippen LogP contribution in [0.2, 0.25) is 0 Å². The van der Waals surface area contributed by atoms with Crippen molar-refractivity contribution in [2.24, 2.45) is 0 Å². The van der Waals surface area contributed by atoms with Gasteiger partial charge in [-0.25, -0.2) is 8.42 Å². The van der Waals surface area contributed by atoms with E-state index < -0.39 is 20.2 Å². The van der Waals surface area contributed by atoms with E-state index in [9.17, 15) is 26.4 Å². The van der Waals surface area contributed by atoms with Gasteiger partial charge in [0.2, 0.25) is 5.91 Å². The van der Waals surface area contributed by atoms with Crippen LogP contribution in [0.4, 0.5) is 18.9 Å². The van der Waals surface area contributed by atoms with Crippen molar-refractivity contribution in [2.75, 3.05) is 31.5 Å². The normalized spacial score (nSPS) is 21.2. The predicted octanol–water partition coefficient (Wildman–Crippen LogP) is 6.03. The molecular formula is C29H40F3N3O4S. The molecule has 0 unspecified atom stereocenters. The average molecular weight is 584 g/mol. The van der Waals surface area contributed by atoms with Gasteiger partial charge in [-0.05, 0) is 75.4 Å². The lowest BCUT2D eigenvalue weighted by molar-refractivity contribution is -0.132. The van der Waals surface area contributed by atoms with Crippen LogP contribution in [-0.4, -0.2) is 68.0 Å². The fourth-order valence-electron chi connectivity index (χ4n) is 4.93. The first-order valence-electron chi connectivity index (χ1n) is 13.9. The van der Waals surface area contributed by atoms with Crippen molar-refractivity contribution in [1.29, 1.82) is 0 Å².